The van der Waals surface area contributed by atoms with Gasteiger partial charge in [0, 0.05) is 24.7 Å². The molecular weight excluding hydrogens is 258 g/mol. The number of carbonyl (C=O) groups excluding carboxylic acids is 1. The van der Waals surface area contributed by atoms with Crippen molar-refractivity contribution in [1.29, 1.82) is 0 Å². The summed E-state index contributed by atoms with van der Waals surface area (Å²) in [5.41, 5.74) is 0.704. The normalized spacial score (nSPS) is 17.6. The number of hydrogen-bond donors (Lipinski definition) is 3. The third-order valence-corrected chi connectivity index (χ3v) is 3.81. The quantitative estimate of drug-likeness (QED) is 0.735. The largest absolute Gasteiger partial charge is 0.480 e. The molecule has 1 aliphatic carbocycles. The van der Waals surface area contributed by atoms with E-state index in [0.29, 0.717) is 18.0 Å². The van der Waals surface area contributed by atoms with Gasteiger partial charge >= 0.3 is 5.97 Å². The number of imidazole rings is 1. The number of hydrogen-bond acceptors (Lipinski definition) is 3. The lowest BCUT2D eigenvalue weighted by atomic mass is 9.87. The van der Waals surface area contributed by atoms with Crippen LogP contribution in [0.25, 0.3) is 0 Å². The molecule has 0 bridgehead atoms. The second-order valence-corrected chi connectivity index (χ2v) is 5.45. The molecule has 1 aromatic heterocycles. The van der Waals surface area contributed by atoms with Crippen molar-refractivity contribution < 1.29 is 14.7 Å². The van der Waals surface area contributed by atoms with Gasteiger partial charge in [-0.3, -0.25) is 4.79 Å². The third-order valence-electron chi connectivity index (χ3n) is 3.81. The van der Waals surface area contributed by atoms with Gasteiger partial charge in [-0.25, -0.2) is 9.78 Å². The maximum Gasteiger partial charge on any atom is 0.326 e. The van der Waals surface area contributed by atoms with Crippen LogP contribution in [0.1, 0.15) is 44.2 Å². The summed E-state index contributed by atoms with van der Waals surface area (Å²) in [4.78, 5) is 29.9. The van der Waals surface area contributed by atoms with E-state index in [9.17, 15) is 14.7 Å². The Morgan fingerprint density at radius 2 is 2.15 bits per heavy atom. The Morgan fingerprint density at radius 3 is 2.75 bits per heavy atom. The molecule has 0 aliphatic heterocycles. The number of H-pyrrole nitrogens is 1. The molecule has 1 heterocycles. The molecule has 1 atom stereocenters. The predicted octanol–water partition coefficient (Wildman–Crippen LogP) is 1.49. The zero-order valence-electron chi connectivity index (χ0n) is 11.5. The molecule has 3 N–H and O–H groups in total. The van der Waals surface area contributed by atoms with Crippen molar-refractivity contribution in [3.8, 4) is 0 Å². The standard InChI is InChI=1S/C14H21N3O3/c18-13(6-10-4-2-1-3-5-10)17-12(14(19)20)7-11-8-15-9-16-11/h8-10,12H,1-7H2,(H,15,16)(H,17,18)(H,19,20)/t12-/m1/s1. The predicted molar refractivity (Wildman–Crippen MR) is 73.1 cm³/mol. The van der Waals surface area contributed by atoms with Gasteiger partial charge in [-0.05, 0) is 18.8 Å². The third kappa shape index (κ3) is 4.36. The monoisotopic (exact) mass is 279 g/mol. The van der Waals surface area contributed by atoms with Crippen LogP contribution in [-0.4, -0.2) is 33.0 Å². The molecule has 20 heavy (non-hydrogen) atoms. The summed E-state index contributed by atoms with van der Waals surface area (Å²) in [6.45, 7) is 0. The number of aromatic nitrogens is 2. The number of aliphatic carboxylic acids is 1. The summed E-state index contributed by atoms with van der Waals surface area (Å²) < 4.78 is 0. The Balaban J connectivity index is 1.83. The molecule has 1 amide bonds. The Bertz CT molecular complexity index is 439. The molecule has 1 fully saturated rings. The van der Waals surface area contributed by atoms with E-state index in [2.05, 4.69) is 15.3 Å². The fourth-order valence-electron chi connectivity index (χ4n) is 2.72. The van der Waals surface area contributed by atoms with Crippen LogP contribution < -0.4 is 5.32 Å². The van der Waals surface area contributed by atoms with Gasteiger partial charge < -0.3 is 15.4 Å². The van der Waals surface area contributed by atoms with Crippen LogP contribution >= 0.6 is 0 Å². The molecule has 0 spiro atoms. The lowest BCUT2D eigenvalue weighted by molar-refractivity contribution is -0.142. The highest BCUT2D eigenvalue weighted by atomic mass is 16.4. The molecule has 0 radical (unpaired) electrons. The summed E-state index contributed by atoms with van der Waals surface area (Å²) in [6, 6.07) is -0.897. The average Bonchev–Trinajstić information content (AvgIpc) is 2.92. The minimum absolute atomic E-state index is 0.163. The van der Waals surface area contributed by atoms with E-state index in [0.717, 1.165) is 12.8 Å². The lowest BCUT2D eigenvalue weighted by Gasteiger charge is -2.22. The molecule has 0 saturated heterocycles. The van der Waals surface area contributed by atoms with Crippen LogP contribution in [0.5, 0.6) is 0 Å². The number of carbonyl (C=O) groups is 2. The summed E-state index contributed by atoms with van der Waals surface area (Å²) >= 11 is 0. The van der Waals surface area contributed by atoms with Crippen LogP contribution in [0.4, 0.5) is 0 Å². The van der Waals surface area contributed by atoms with E-state index < -0.39 is 12.0 Å². The van der Waals surface area contributed by atoms with E-state index in [1.807, 2.05) is 0 Å². The fourth-order valence-corrected chi connectivity index (χ4v) is 2.72. The first-order valence-corrected chi connectivity index (χ1v) is 7.14. The molecule has 1 saturated carbocycles. The highest BCUT2D eigenvalue weighted by Crippen LogP contribution is 2.26. The minimum atomic E-state index is -1.02. The molecule has 0 unspecified atom stereocenters. The molecule has 2 rings (SSSR count). The number of carboxylic acids is 1. The Hall–Kier alpha value is -1.85. The van der Waals surface area contributed by atoms with Crippen molar-refractivity contribution in [2.75, 3.05) is 0 Å². The zero-order valence-corrected chi connectivity index (χ0v) is 11.5. The van der Waals surface area contributed by atoms with Crippen molar-refractivity contribution in [2.24, 2.45) is 5.92 Å². The summed E-state index contributed by atoms with van der Waals surface area (Å²) in [7, 11) is 0. The van der Waals surface area contributed by atoms with E-state index in [1.165, 1.54) is 25.6 Å². The first-order chi connectivity index (χ1) is 9.65. The van der Waals surface area contributed by atoms with Gasteiger partial charge in [0.15, 0.2) is 0 Å². The van der Waals surface area contributed by atoms with Crippen LogP contribution in [0.15, 0.2) is 12.5 Å². The van der Waals surface area contributed by atoms with Crippen molar-refractivity contribution in [1.82, 2.24) is 15.3 Å². The highest BCUT2D eigenvalue weighted by molar-refractivity contribution is 5.83. The second kappa shape index (κ2) is 7.07. The molecule has 1 aliphatic rings. The summed E-state index contributed by atoms with van der Waals surface area (Å²) in [6.07, 6.45) is 9.48. The van der Waals surface area contributed by atoms with Crippen LogP contribution in [0.3, 0.4) is 0 Å². The van der Waals surface area contributed by atoms with Gasteiger partial charge in [-0.1, -0.05) is 19.3 Å². The van der Waals surface area contributed by atoms with Gasteiger partial charge in [0.2, 0.25) is 5.91 Å². The van der Waals surface area contributed by atoms with Crippen LogP contribution in [0, 0.1) is 5.92 Å². The fraction of sp³-hybridized carbons (Fsp3) is 0.643. The maximum absolute atomic E-state index is 12.0. The van der Waals surface area contributed by atoms with Crippen LogP contribution in [-0.2, 0) is 16.0 Å². The Kier molecular flexibility index (Phi) is 5.15. The maximum atomic E-state index is 12.0. The smallest absolute Gasteiger partial charge is 0.326 e. The second-order valence-electron chi connectivity index (χ2n) is 5.45. The van der Waals surface area contributed by atoms with Gasteiger partial charge in [0.05, 0.1) is 6.33 Å². The van der Waals surface area contributed by atoms with E-state index in [4.69, 9.17) is 0 Å². The average molecular weight is 279 g/mol. The molecule has 110 valence electrons. The Morgan fingerprint density at radius 1 is 1.40 bits per heavy atom. The van der Waals surface area contributed by atoms with Crippen molar-refractivity contribution in [3.05, 3.63) is 18.2 Å². The lowest BCUT2D eigenvalue weighted by Crippen LogP contribution is -2.43. The number of nitrogens with one attached hydrogen (secondary N) is 2. The van der Waals surface area contributed by atoms with E-state index in [-0.39, 0.29) is 12.3 Å². The van der Waals surface area contributed by atoms with Crippen LogP contribution in [0.2, 0.25) is 0 Å². The minimum Gasteiger partial charge on any atom is -0.480 e. The van der Waals surface area contributed by atoms with Gasteiger partial charge in [-0.15, -0.1) is 0 Å². The number of rotatable bonds is 6. The highest BCUT2D eigenvalue weighted by Gasteiger charge is 2.23. The number of nitrogens with zero attached hydrogens (tertiary/aromatic N) is 1. The summed E-state index contributed by atoms with van der Waals surface area (Å²) in [5.74, 6) is -0.772. The van der Waals surface area contributed by atoms with Gasteiger partial charge in [0.25, 0.3) is 0 Å². The van der Waals surface area contributed by atoms with Crippen molar-refractivity contribution in [3.63, 3.8) is 0 Å². The molecule has 6 heteroatoms. The van der Waals surface area contributed by atoms with Gasteiger partial charge in [-0.2, -0.15) is 0 Å². The zero-order chi connectivity index (χ0) is 14.4. The van der Waals surface area contributed by atoms with Gasteiger partial charge in [0.1, 0.15) is 6.04 Å². The van der Waals surface area contributed by atoms with Crippen molar-refractivity contribution >= 4 is 11.9 Å². The Labute approximate surface area is 118 Å². The molecule has 1 aromatic rings. The number of carboxylic acid groups (broad SMARTS) is 1. The molecule has 0 aromatic carbocycles. The first kappa shape index (κ1) is 14.6. The molecular formula is C14H21N3O3. The topological polar surface area (TPSA) is 95.1 Å². The van der Waals surface area contributed by atoms with E-state index in [1.54, 1.807) is 6.20 Å². The number of aromatic amines is 1. The molecule has 6 nitrogen and oxygen atoms in total. The number of amides is 1. The SMILES string of the molecule is O=C(CC1CCCCC1)N[C@H](Cc1cnc[nH]1)C(=O)O. The van der Waals surface area contributed by atoms with Crippen molar-refractivity contribution in [2.45, 2.75) is 51.0 Å². The first-order valence-electron chi connectivity index (χ1n) is 7.14. The van der Waals surface area contributed by atoms with E-state index >= 15 is 0 Å². The summed E-state index contributed by atoms with van der Waals surface area (Å²) in [5, 5.41) is 11.8.